The number of aromatic hydroxyl groups is 1. The maximum Gasteiger partial charge on any atom is 0.255 e. The molecule has 1 aliphatic heterocycles. The molecule has 11 nitrogen and oxygen atoms in total. The Labute approximate surface area is 135 Å². The first-order chi connectivity index (χ1) is 11.3. The van der Waals surface area contributed by atoms with E-state index in [0.717, 1.165) is 6.07 Å². The number of aliphatic hydroxyl groups excluding tert-OH is 4. The molecule has 1 unspecified atom stereocenters. The Bertz CT molecular complexity index is 664. The molecule has 0 saturated carbocycles. The van der Waals surface area contributed by atoms with Crippen LogP contribution < -0.4 is 5.32 Å². The Morgan fingerprint density at radius 1 is 1.25 bits per heavy atom. The van der Waals surface area contributed by atoms with E-state index in [1.54, 1.807) is 0 Å². The van der Waals surface area contributed by atoms with Crippen LogP contribution in [-0.2, 0) is 4.74 Å². The number of nitrogens with one attached hydrogen (secondary N) is 1. The van der Waals surface area contributed by atoms with Crippen LogP contribution in [0.25, 0.3) is 10.4 Å². The van der Waals surface area contributed by atoms with Gasteiger partial charge in [0.15, 0.2) is 6.29 Å². The Morgan fingerprint density at radius 2 is 1.96 bits per heavy atom. The second-order valence-electron chi connectivity index (χ2n) is 5.14. The van der Waals surface area contributed by atoms with Crippen LogP contribution in [0.3, 0.4) is 0 Å². The summed E-state index contributed by atoms with van der Waals surface area (Å²) < 4.78 is 4.91. The van der Waals surface area contributed by atoms with E-state index in [2.05, 4.69) is 15.3 Å². The number of ether oxygens (including phenoxy) is 1. The van der Waals surface area contributed by atoms with Crippen LogP contribution >= 0.6 is 0 Å². The molecule has 11 heteroatoms. The van der Waals surface area contributed by atoms with E-state index in [4.69, 9.17) is 10.3 Å². The highest BCUT2D eigenvalue weighted by Gasteiger charge is 2.42. The van der Waals surface area contributed by atoms with Crippen molar-refractivity contribution in [2.24, 2.45) is 5.11 Å². The summed E-state index contributed by atoms with van der Waals surface area (Å²) in [5.41, 5.74) is 8.32. The highest BCUT2D eigenvalue weighted by molar-refractivity contribution is 5.97. The lowest BCUT2D eigenvalue weighted by Gasteiger charge is -2.38. The van der Waals surface area contributed by atoms with Gasteiger partial charge in [-0.25, -0.2) is 0 Å². The lowest BCUT2D eigenvalue weighted by atomic mass is 9.99. The van der Waals surface area contributed by atoms with Gasteiger partial charge in [-0.15, -0.1) is 0 Å². The maximum atomic E-state index is 12.0. The van der Waals surface area contributed by atoms with Crippen LogP contribution in [0.5, 0.6) is 5.75 Å². The molecule has 0 aromatic heterocycles. The van der Waals surface area contributed by atoms with Gasteiger partial charge in [0, 0.05) is 17.1 Å². The van der Waals surface area contributed by atoms with Gasteiger partial charge in [0.1, 0.15) is 30.2 Å². The van der Waals surface area contributed by atoms with Crippen LogP contribution in [0.2, 0.25) is 0 Å². The van der Waals surface area contributed by atoms with Crippen molar-refractivity contribution in [3.8, 4) is 5.75 Å². The molecule has 1 aromatic rings. The number of hydrogen-bond acceptors (Lipinski definition) is 8. The molecule has 1 fully saturated rings. The summed E-state index contributed by atoms with van der Waals surface area (Å²) in [6.45, 7) is -0.293. The zero-order chi connectivity index (χ0) is 17.9. The monoisotopic (exact) mass is 340 g/mol. The van der Waals surface area contributed by atoms with E-state index >= 15 is 0 Å². The normalized spacial score (nSPS) is 29.6. The number of carbonyl (C=O) groups is 1. The van der Waals surface area contributed by atoms with Gasteiger partial charge in [-0.3, -0.25) is 4.79 Å². The molecular weight excluding hydrogens is 324 g/mol. The zero-order valence-corrected chi connectivity index (χ0v) is 12.2. The predicted molar refractivity (Wildman–Crippen MR) is 78.1 cm³/mol. The maximum absolute atomic E-state index is 12.0. The average Bonchev–Trinajstić information content (AvgIpc) is 2.55. The molecule has 6 N–H and O–H groups in total. The van der Waals surface area contributed by atoms with Crippen molar-refractivity contribution in [2.45, 2.75) is 30.7 Å². The van der Waals surface area contributed by atoms with E-state index < -0.39 is 42.4 Å². The minimum atomic E-state index is -1.71. The highest BCUT2D eigenvalue weighted by Crippen LogP contribution is 2.24. The smallest absolute Gasteiger partial charge is 0.255 e. The quantitative estimate of drug-likeness (QED) is 0.227. The fourth-order valence-electron chi connectivity index (χ4n) is 2.21. The number of benzene rings is 1. The van der Waals surface area contributed by atoms with Crippen molar-refractivity contribution in [1.29, 1.82) is 0 Å². The average molecular weight is 340 g/mol. The van der Waals surface area contributed by atoms with Crippen LogP contribution in [0, 0.1) is 0 Å². The predicted octanol–water partition coefficient (Wildman–Crippen LogP) is -1.14. The minimum Gasteiger partial charge on any atom is -0.507 e. The number of rotatable bonds is 4. The third-order valence-electron chi connectivity index (χ3n) is 3.54. The number of phenolic OH excluding ortho intramolecular Hbond substituents is 1. The lowest BCUT2D eigenvalue weighted by Crippen LogP contribution is -2.60. The molecule has 130 valence electrons. The number of amides is 1. The van der Waals surface area contributed by atoms with Crippen molar-refractivity contribution in [1.82, 2.24) is 5.32 Å². The van der Waals surface area contributed by atoms with Gasteiger partial charge < -0.3 is 35.6 Å². The van der Waals surface area contributed by atoms with E-state index in [0.29, 0.717) is 0 Å². The molecule has 1 aromatic carbocycles. The molecule has 24 heavy (non-hydrogen) atoms. The van der Waals surface area contributed by atoms with E-state index in [1.807, 2.05) is 0 Å². The summed E-state index contributed by atoms with van der Waals surface area (Å²) in [6.07, 6.45) is -7.69. The molecule has 5 atom stereocenters. The largest absolute Gasteiger partial charge is 0.507 e. The highest BCUT2D eigenvalue weighted by atomic mass is 16.6. The summed E-state index contributed by atoms with van der Waals surface area (Å²) in [5.74, 6) is -1.14. The summed E-state index contributed by atoms with van der Waals surface area (Å²) in [5, 5.41) is 53.5. The third-order valence-corrected chi connectivity index (χ3v) is 3.54. The Morgan fingerprint density at radius 3 is 2.58 bits per heavy atom. The van der Waals surface area contributed by atoms with E-state index in [9.17, 15) is 30.3 Å². The Hall–Kier alpha value is -2.40. The van der Waals surface area contributed by atoms with Crippen LogP contribution in [0.1, 0.15) is 10.4 Å². The number of carbonyl (C=O) groups excluding carboxylic acids is 1. The number of hydrogen-bond donors (Lipinski definition) is 6. The topological polar surface area (TPSA) is 188 Å². The van der Waals surface area contributed by atoms with Crippen molar-refractivity contribution < 1.29 is 35.1 Å². The van der Waals surface area contributed by atoms with E-state index in [-0.39, 0.29) is 17.8 Å². The van der Waals surface area contributed by atoms with Gasteiger partial charge in [-0.05, 0) is 17.7 Å². The van der Waals surface area contributed by atoms with Gasteiger partial charge in [0.25, 0.3) is 5.91 Å². The van der Waals surface area contributed by atoms with Gasteiger partial charge in [0.05, 0.1) is 5.56 Å². The molecule has 0 aliphatic carbocycles. The molecule has 1 heterocycles. The fraction of sp³-hybridized carbons (Fsp3) is 0.462. The first kappa shape index (κ1) is 17.9. The Kier molecular flexibility index (Phi) is 5.57. The molecule has 1 aliphatic rings. The second-order valence-corrected chi connectivity index (χ2v) is 5.14. The standard InChI is InChI=1S/C13H16N4O7/c14-17-16-5-1-2-6(7(18)3-5)12(22)15-4-8-9(19)10(20)11(21)13(23)24-8/h1-3,8-11,13,18-21,23H,4H2,(H,15,22)/t8-,9-,10+,11-,13?/m1/s1. The number of aliphatic hydroxyl groups is 4. The van der Waals surface area contributed by atoms with Gasteiger partial charge in [-0.2, -0.15) is 0 Å². The van der Waals surface area contributed by atoms with E-state index in [1.165, 1.54) is 12.1 Å². The first-order valence-corrected chi connectivity index (χ1v) is 6.89. The van der Waals surface area contributed by atoms with Crippen molar-refractivity contribution in [3.63, 3.8) is 0 Å². The van der Waals surface area contributed by atoms with Crippen molar-refractivity contribution >= 4 is 11.6 Å². The van der Waals surface area contributed by atoms with Crippen molar-refractivity contribution in [2.75, 3.05) is 6.54 Å². The summed E-state index contributed by atoms with van der Waals surface area (Å²) >= 11 is 0. The minimum absolute atomic E-state index is 0.113. The molecule has 1 amide bonds. The second kappa shape index (κ2) is 7.45. The molecule has 2 rings (SSSR count). The van der Waals surface area contributed by atoms with Crippen LogP contribution in [-0.4, -0.2) is 68.7 Å². The molecule has 1 saturated heterocycles. The Balaban J connectivity index is 2.01. The zero-order valence-electron chi connectivity index (χ0n) is 12.2. The SMILES string of the molecule is [N-]=[N+]=Nc1ccc(C(=O)NC[C@H]2OC(O)[C@H](O)[C@@H](O)[C@@H]2O)c(O)c1. The summed E-state index contributed by atoms with van der Waals surface area (Å²) in [4.78, 5) is 14.6. The molecular formula is C13H16N4O7. The summed E-state index contributed by atoms with van der Waals surface area (Å²) in [6, 6.07) is 3.66. The van der Waals surface area contributed by atoms with Crippen LogP contribution in [0.15, 0.2) is 23.3 Å². The molecule has 0 spiro atoms. The summed E-state index contributed by atoms with van der Waals surface area (Å²) in [7, 11) is 0. The number of phenols is 1. The molecule has 0 bridgehead atoms. The third kappa shape index (κ3) is 3.74. The number of azide groups is 1. The number of nitrogens with zero attached hydrogens (tertiary/aromatic N) is 3. The lowest BCUT2D eigenvalue weighted by molar-refractivity contribution is -0.279. The fourth-order valence-corrected chi connectivity index (χ4v) is 2.21. The van der Waals surface area contributed by atoms with Crippen LogP contribution in [0.4, 0.5) is 5.69 Å². The van der Waals surface area contributed by atoms with Gasteiger partial charge in [0.2, 0.25) is 0 Å². The molecule has 0 radical (unpaired) electrons. The first-order valence-electron chi connectivity index (χ1n) is 6.89. The van der Waals surface area contributed by atoms with Crippen molar-refractivity contribution in [3.05, 3.63) is 34.2 Å². The van der Waals surface area contributed by atoms with Gasteiger partial charge >= 0.3 is 0 Å². The van der Waals surface area contributed by atoms with Gasteiger partial charge in [-0.1, -0.05) is 11.2 Å².